The van der Waals surface area contributed by atoms with Gasteiger partial charge in [-0.3, -0.25) is 9.59 Å². The molecule has 2 N–H and O–H groups in total. The maximum Gasteiger partial charge on any atom is 0.303 e. The number of carboxylic acid groups (broad SMARTS) is 1. The molecule has 0 aromatic heterocycles. The zero-order chi connectivity index (χ0) is 15.9. The van der Waals surface area contributed by atoms with Crippen molar-refractivity contribution in [1.82, 2.24) is 9.62 Å². The quantitative estimate of drug-likeness (QED) is 0.604. The number of rotatable bonds is 9. The highest BCUT2D eigenvalue weighted by atomic mass is 32.2. The first-order valence-corrected chi connectivity index (χ1v) is 8.98. The zero-order valence-electron chi connectivity index (χ0n) is 12.4. The van der Waals surface area contributed by atoms with Crippen LogP contribution in [-0.2, 0) is 19.6 Å². The number of amides is 1. The minimum atomic E-state index is -3.38. The Kier molecular flexibility index (Phi) is 7.10. The number of aliphatic carboxylic acids is 1. The van der Waals surface area contributed by atoms with Gasteiger partial charge in [-0.1, -0.05) is 13.3 Å². The number of hydrogen-bond donors (Lipinski definition) is 2. The molecule has 1 heterocycles. The molecule has 1 fully saturated rings. The lowest BCUT2D eigenvalue weighted by Gasteiger charge is -2.23. The van der Waals surface area contributed by atoms with Gasteiger partial charge in [0.2, 0.25) is 15.9 Å². The van der Waals surface area contributed by atoms with Crippen molar-refractivity contribution in [3.8, 4) is 0 Å². The SMILES string of the molecule is CCCCS(=O)(=O)N1CCCC1C(=O)NCCCC(=O)O. The second-order valence-corrected chi connectivity index (χ2v) is 7.27. The first-order valence-electron chi connectivity index (χ1n) is 7.37. The highest BCUT2D eigenvalue weighted by Gasteiger charge is 2.37. The highest BCUT2D eigenvalue weighted by Crippen LogP contribution is 2.22. The molecule has 0 spiro atoms. The van der Waals surface area contributed by atoms with E-state index in [2.05, 4.69) is 5.32 Å². The fraction of sp³-hybridized carbons (Fsp3) is 0.846. The van der Waals surface area contributed by atoms with Crippen LogP contribution in [0.4, 0.5) is 0 Å². The summed E-state index contributed by atoms with van der Waals surface area (Å²) in [6.45, 7) is 2.57. The number of nitrogens with zero attached hydrogens (tertiary/aromatic N) is 1. The molecule has 21 heavy (non-hydrogen) atoms. The minimum Gasteiger partial charge on any atom is -0.481 e. The Bertz CT molecular complexity index is 463. The summed E-state index contributed by atoms with van der Waals surface area (Å²) in [5.74, 6) is -1.15. The molecule has 1 atom stereocenters. The molecular formula is C13H24N2O5S. The Morgan fingerprint density at radius 3 is 2.67 bits per heavy atom. The number of sulfonamides is 1. The summed E-state index contributed by atoms with van der Waals surface area (Å²) in [6, 6.07) is -0.642. The Morgan fingerprint density at radius 1 is 1.33 bits per heavy atom. The number of carboxylic acids is 1. The lowest BCUT2D eigenvalue weighted by molar-refractivity contribution is -0.137. The molecule has 0 aromatic carbocycles. The molecule has 1 aliphatic rings. The molecule has 1 unspecified atom stereocenters. The van der Waals surface area contributed by atoms with Gasteiger partial charge in [-0.05, 0) is 25.7 Å². The van der Waals surface area contributed by atoms with Gasteiger partial charge in [0.05, 0.1) is 5.75 Å². The molecule has 0 aliphatic carbocycles. The van der Waals surface area contributed by atoms with Gasteiger partial charge in [-0.2, -0.15) is 4.31 Å². The number of hydrogen-bond acceptors (Lipinski definition) is 4. The number of carbonyl (C=O) groups excluding carboxylic acids is 1. The van der Waals surface area contributed by atoms with Crippen molar-refractivity contribution < 1.29 is 23.1 Å². The van der Waals surface area contributed by atoms with Gasteiger partial charge in [-0.15, -0.1) is 0 Å². The van der Waals surface area contributed by atoms with E-state index in [1.165, 1.54) is 4.31 Å². The van der Waals surface area contributed by atoms with Crippen LogP contribution in [0.3, 0.4) is 0 Å². The molecule has 1 amide bonds. The predicted octanol–water partition coefficient (Wildman–Crippen LogP) is 0.562. The molecular weight excluding hydrogens is 296 g/mol. The van der Waals surface area contributed by atoms with Gasteiger partial charge in [0.1, 0.15) is 6.04 Å². The zero-order valence-corrected chi connectivity index (χ0v) is 13.2. The normalized spacial score (nSPS) is 19.6. The van der Waals surface area contributed by atoms with E-state index in [0.717, 1.165) is 6.42 Å². The standard InChI is InChI=1S/C13H24N2O5S/c1-2-3-10-21(19,20)15-9-5-6-11(15)13(18)14-8-4-7-12(16)17/h11H,2-10H2,1H3,(H,14,18)(H,16,17). The Morgan fingerprint density at radius 2 is 2.05 bits per heavy atom. The third-order valence-corrected chi connectivity index (χ3v) is 5.44. The molecule has 122 valence electrons. The van der Waals surface area contributed by atoms with Gasteiger partial charge < -0.3 is 10.4 Å². The second-order valence-electron chi connectivity index (χ2n) is 5.23. The summed E-state index contributed by atoms with van der Waals surface area (Å²) in [5.41, 5.74) is 0. The van der Waals surface area contributed by atoms with Crippen molar-refractivity contribution >= 4 is 21.9 Å². The van der Waals surface area contributed by atoms with Gasteiger partial charge >= 0.3 is 5.97 Å². The van der Waals surface area contributed by atoms with Crippen LogP contribution in [0.25, 0.3) is 0 Å². The first-order chi connectivity index (χ1) is 9.88. The monoisotopic (exact) mass is 320 g/mol. The van der Waals surface area contributed by atoms with Crippen LogP contribution in [0.2, 0.25) is 0 Å². The summed E-state index contributed by atoms with van der Waals surface area (Å²) in [7, 11) is -3.38. The average Bonchev–Trinajstić information content (AvgIpc) is 2.91. The van der Waals surface area contributed by atoms with Crippen molar-refractivity contribution in [2.75, 3.05) is 18.8 Å². The van der Waals surface area contributed by atoms with E-state index in [4.69, 9.17) is 5.11 Å². The van der Waals surface area contributed by atoms with Gasteiger partial charge in [0, 0.05) is 19.5 Å². The van der Waals surface area contributed by atoms with Crippen LogP contribution in [-0.4, -0.2) is 54.6 Å². The largest absolute Gasteiger partial charge is 0.481 e. The molecule has 1 saturated heterocycles. The molecule has 1 aliphatic heterocycles. The van der Waals surface area contributed by atoms with E-state index in [9.17, 15) is 18.0 Å². The van der Waals surface area contributed by atoms with Crippen molar-refractivity contribution in [2.45, 2.75) is 51.5 Å². The van der Waals surface area contributed by atoms with E-state index in [0.29, 0.717) is 32.2 Å². The first kappa shape index (κ1) is 17.9. The number of nitrogens with one attached hydrogen (secondary N) is 1. The third-order valence-electron chi connectivity index (χ3n) is 3.49. The van der Waals surface area contributed by atoms with E-state index in [-0.39, 0.29) is 24.6 Å². The highest BCUT2D eigenvalue weighted by molar-refractivity contribution is 7.89. The lowest BCUT2D eigenvalue weighted by atomic mass is 10.2. The van der Waals surface area contributed by atoms with E-state index < -0.39 is 22.0 Å². The molecule has 0 aromatic rings. The molecule has 1 rings (SSSR count). The maximum atomic E-state index is 12.2. The van der Waals surface area contributed by atoms with Crippen molar-refractivity contribution in [2.24, 2.45) is 0 Å². The molecule has 7 nitrogen and oxygen atoms in total. The fourth-order valence-electron chi connectivity index (χ4n) is 2.35. The van der Waals surface area contributed by atoms with Gasteiger partial charge in [-0.25, -0.2) is 8.42 Å². The number of unbranched alkanes of at least 4 members (excludes halogenated alkanes) is 1. The van der Waals surface area contributed by atoms with Crippen LogP contribution < -0.4 is 5.32 Å². The van der Waals surface area contributed by atoms with Crippen molar-refractivity contribution in [1.29, 1.82) is 0 Å². The molecule has 0 bridgehead atoms. The average molecular weight is 320 g/mol. The second kappa shape index (κ2) is 8.33. The van der Waals surface area contributed by atoms with Crippen molar-refractivity contribution in [3.63, 3.8) is 0 Å². The minimum absolute atomic E-state index is 0.0105. The van der Waals surface area contributed by atoms with E-state index >= 15 is 0 Å². The van der Waals surface area contributed by atoms with Gasteiger partial charge in [0.25, 0.3) is 0 Å². The molecule has 0 radical (unpaired) electrons. The lowest BCUT2D eigenvalue weighted by Crippen LogP contribution is -2.46. The van der Waals surface area contributed by atoms with Crippen LogP contribution in [0.1, 0.15) is 45.4 Å². The topological polar surface area (TPSA) is 104 Å². The molecule has 8 heteroatoms. The summed E-state index contributed by atoms with van der Waals surface area (Å²) < 4.78 is 25.7. The summed E-state index contributed by atoms with van der Waals surface area (Å²) in [5, 5.41) is 11.2. The third kappa shape index (κ3) is 5.62. The predicted molar refractivity (Wildman–Crippen MR) is 78.3 cm³/mol. The summed E-state index contributed by atoms with van der Waals surface area (Å²) in [6.07, 6.45) is 2.92. The van der Waals surface area contributed by atoms with Crippen molar-refractivity contribution in [3.05, 3.63) is 0 Å². The maximum absolute atomic E-state index is 12.2. The van der Waals surface area contributed by atoms with Crippen LogP contribution >= 0.6 is 0 Å². The Hall–Kier alpha value is -1.15. The van der Waals surface area contributed by atoms with E-state index in [1.54, 1.807) is 0 Å². The summed E-state index contributed by atoms with van der Waals surface area (Å²) in [4.78, 5) is 22.4. The fourth-order valence-corrected chi connectivity index (χ4v) is 4.23. The van der Waals surface area contributed by atoms with E-state index in [1.807, 2.05) is 6.92 Å². The Labute approximate surface area is 125 Å². The van der Waals surface area contributed by atoms with Crippen LogP contribution in [0, 0.1) is 0 Å². The van der Waals surface area contributed by atoms with Gasteiger partial charge in [0.15, 0.2) is 0 Å². The summed E-state index contributed by atoms with van der Waals surface area (Å²) >= 11 is 0. The Balaban J connectivity index is 2.52. The molecule has 0 saturated carbocycles. The number of carbonyl (C=O) groups is 2. The smallest absolute Gasteiger partial charge is 0.303 e. The van der Waals surface area contributed by atoms with Crippen LogP contribution in [0.5, 0.6) is 0 Å². The van der Waals surface area contributed by atoms with Crippen LogP contribution in [0.15, 0.2) is 0 Å².